The SMILES string of the molecule is O=C(CCCN1CCOCC1)C1CC1. The van der Waals surface area contributed by atoms with Gasteiger partial charge in [-0.05, 0) is 25.8 Å². The van der Waals surface area contributed by atoms with Crippen LogP contribution >= 0.6 is 0 Å². The Balaban J connectivity index is 1.54. The summed E-state index contributed by atoms with van der Waals surface area (Å²) in [5, 5.41) is 0. The zero-order chi connectivity index (χ0) is 9.80. The highest BCUT2D eigenvalue weighted by Gasteiger charge is 2.28. The first-order valence-corrected chi connectivity index (χ1v) is 5.69. The van der Waals surface area contributed by atoms with E-state index in [1.807, 2.05) is 0 Å². The van der Waals surface area contributed by atoms with Gasteiger partial charge in [0.15, 0.2) is 0 Å². The number of carbonyl (C=O) groups is 1. The highest BCUT2D eigenvalue weighted by molar-refractivity contribution is 5.83. The molecule has 0 aromatic carbocycles. The Morgan fingerprint density at radius 1 is 1.29 bits per heavy atom. The topological polar surface area (TPSA) is 29.5 Å². The maximum Gasteiger partial charge on any atom is 0.136 e. The van der Waals surface area contributed by atoms with Gasteiger partial charge in [-0.25, -0.2) is 0 Å². The maximum atomic E-state index is 11.4. The van der Waals surface area contributed by atoms with Crippen molar-refractivity contribution in [1.82, 2.24) is 4.90 Å². The summed E-state index contributed by atoms with van der Waals surface area (Å²) in [6, 6.07) is 0. The summed E-state index contributed by atoms with van der Waals surface area (Å²) >= 11 is 0. The van der Waals surface area contributed by atoms with E-state index in [1.165, 1.54) is 0 Å². The molecule has 0 amide bonds. The fourth-order valence-corrected chi connectivity index (χ4v) is 1.91. The zero-order valence-electron chi connectivity index (χ0n) is 8.71. The van der Waals surface area contributed by atoms with E-state index in [4.69, 9.17) is 4.74 Å². The van der Waals surface area contributed by atoms with Crippen LogP contribution in [0.25, 0.3) is 0 Å². The average Bonchev–Trinajstić information content (AvgIpc) is 3.02. The second-order valence-corrected chi connectivity index (χ2v) is 4.30. The number of hydrogen-bond acceptors (Lipinski definition) is 3. The van der Waals surface area contributed by atoms with Crippen molar-refractivity contribution in [2.24, 2.45) is 5.92 Å². The minimum atomic E-state index is 0.444. The van der Waals surface area contributed by atoms with Gasteiger partial charge in [-0.2, -0.15) is 0 Å². The monoisotopic (exact) mass is 197 g/mol. The molecule has 0 N–H and O–H groups in total. The molecule has 1 aliphatic carbocycles. The molecule has 0 aromatic rings. The first-order chi connectivity index (χ1) is 6.86. The predicted molar refractivity (Wildman–Crippen MR) is 54.2 cm³/mol. The lowest BCUT2D eigenvalue weighted by Gasteiger charge is -2.26. The third-order valence-corrected chi connectivity index (χ3v) is 3.03. The van der Waals surface area contributed by atoms with Crippen molar-refractivity contribution in [3.05, 3.63) is 0 Å². The number of hydrogen-bond donors (Lipinski definition) is 0. The molecule has 14 heavy (non-hydrogen) atoms. The van der Waals surface area contributed by atoms with Crippen molar-refractivity contribution in [2.45, 2.75) is 25.7 Å². The molecule has 1 saturated heterocycles. The summed E-state index contributed by atoms with van der Waals surface area (Å²) in [5.41, 5.74) is 0. The smallest absolute Gasteiger partial charge is 0.136 e. The van der Waals surface area contributed by atoms with Gasteiger partial charge < -0.3 is 4.74 Å². The molecule has 0 spiro atoms. The third-order valence-electron chi connectivity index (χ3n) is 3.03. The van der Waals surface area contributed by atoms with E-state index in [9.17, 15) is 4.79 Å². The molecule has 0 atom stereocenters. The normalized spacial score (nSPS) is 23.7. The van der Waals surface area contributed by atoms with Crippen molar-refractivity contribution in [3.63, 3.8) is 0 Å². The van der Waals surface area contributed by atoms with E-state index < -0.39 is 0 Å². The molecule has 1 saturated carbocycles. The molecule has 0 radical (unpaired) electrons. The van der Waals surface area contributed by atoms with Crippen LogP contribution in [0.1, 0.15) is 25.7 Å². The van der Waals surface area contributed by atoms with Gasteiger partial charge in [-0.15, -0.1) is 0 Å². The highest BCUT2D eigenvalue weighted by Crippen LogP contribution is 2.31. The van der Waals surface area contributed by atoms with Crippen molar-refractivity contribution >= 4 is 5.78 Å². The first kappa shape index (κ1) is 10.1. The number of Topliss-reactive ketones (excluding diaryl/α,β-unsaturated/α-hetero) is 1. The number of ether oxygens (including phenoxy) is 1. The van der Waals surface area contributed by atoms with Crippen LogP contribution in [0.15, 0.2) is 0 Å². The number of ketones is 1. The molecule has 1 heterocycles. The van der Waals surface area contributed by atoms with Crippen LogP contribution in [0, 0.1) is 5.92 Å². The fraction of sp³-hybridized carbons (Fsp3) is 0.909. The first-order valence-electron chi connectivity index (χ1n) is 5.69. The van der Waals surface area contributed by atoms with Gasteiger partial charge in [-0.3, -0.25) is 9.69 Å². The quantitative estimate of drug-likeness (QED) is 0.660. The lowest BCUT2D eigenvalue weighted by atomic mass is 10.1. The van der Waals surface area contributed by atoms with Gasteiger partial charge in [0.2, 0.25) is 0 Å². The summed E-state index contributed by atoms with van der Waals surface area (Å²) in [5.74, 6) is 0.943. The van der Waals surface area contributed by atoms with Gasteiger partial charge >= 0.3 is 0 Å². The van der Waals surface area contributed by atoms with Crippen LogP contribution in [0.2, 0.25) is 0 Å². The lowest BCUT2D eigenvalue weighted by molar-refractivity contribution is -0.120. The Labute approximate surface area is 85.4 Å². The van der Waals surface area contributed by atoms with E-state index in [2.05, 4.69) is 4.90 Å². The van der Waals surface area contributed by atoms with Gasteiger partial charge in [0.25, 0.3) is 0 Å². The molecule has 0 bridgehead atoms. The molecule has 2 aliphatic rings. The molecule has 0 unspecified atom stereocenters. The van der Waals surface area contributed by atoms with E-state index in [-0.39, 0.29) is 0 Å². The zero-order valence-corrected chi connectivity index (χ0v) is 8.71. The molecule has 80 valence electrons. The van der Waals surface area contributed by atoms with Crippen molar-refractivity contribution < 1.29 is 9.53 Å². The van der Waals surface area contributed by atoms with Crippen LogP contribution in [0.5, 0.6) is 0 Å². The molecule has 3 nitrogen and oxygen atoms in total. The standard InChI is InChI=1S/C11H19NO2/c13-11(10-3-4-10)2-1-5-12-6-8-14-9-7-12/h10H,1-9H2. The molecule has 2 rings (SSSR count). The Bertz CT molecular complexity index is 195. The lowest BCUT2D eigenvalue weighted by Crippen LogP contribution is -2.36. The second-order valence-electron chi connectivity index (χ2n) is 4.30. The van der Waals surface area contributed by atoms with Gasteiger partial charge in [0, 0.05) is 25.4 Å². The van der Waals surface area contributed by atoms with Gasteiger partial charge in [-0.1, -0.05) is 0 Å². The second kappa shape index (κ2) is 4.89. The number of morpholine rings is 1. The van der Waals surface area contributed by atoms with E-state index in [1.54, 1.807) is 0 Å². The largest absolute Gasteiger partial charge is 0.379 e. The molecule has 1 aliphatic heterocycles. The van der Waals surface area contributed by atoms with Crippen LogP contribution in [-0.2, 0) is 9.53 Å². The van der Waals surface area contributed by atoms with Crippen molar-refractivity contribution in [3.8, 4) is 0 Å². The fourth-order valence-electron chi connectivity index (χ4n) is 1.91. The van der Waals surface area contributed by atoms with Crippen LogP contribution < -0.4 is 0 Å². The summed E-state index contributed by atoms with van der Waals surface area (Å²) in [4.78, 5) is 13.8. The Morgan fingerprint density at radius 2 is 2.00 bits per heavy atom. The number of rotatable bonds is 5. The van der Waals surface area contributed by atoms with E-state index >= 15 is 0 Å². The molecule has 0 aromatic heterocycles. The van der Waals surface area contributed by atoms with Crippen molar-refractivity contribution in [1.29, 1.82) is 0 Å². The molecular weight excluding hydrogens is 178 g/mol. The molecular formula is C11H19NO2. The van der Waals surface area contributed by atoms with Crippen molar-refractivity contribution in [2.75, 3.05) is 32.8 Å². The Hall–Kier alpha value is -0.410. The summed E-state index contributed by atoms with van der Waals surface area (Å²) in [6.07, 6.45) is 4.13. The van der Waals surface area contributed by atoms with Crippen LogP contribution in [-0.4, -0.2) is 43.5 Å². The van der Waals surface area contributed by atoms with Crippen LogP contribution in [0.3, 0.4) is 0 Å². The minimum Gasteiger partial charge on any atom is -0.379 e. The predicted octanol–water partition coefficient (Wildman–Crippen LogP) is 1.08. The Morgan fingerprint density at radius 3 is 2.64 bits per heavy atom. The van der Waals surface area contributed by atoms with E-state index in [0.717, 1.165) is 58.5 Å². The van der Waals surface area contributed by atoms with Gasteiger partial charge in [0.05, 0.1) is 13.2 Å². The highest BCUT2D eigenvalue weighted by atomic mass is 16.5. The Kier molecular flexibility index (Phi) is 3.54. The summed E-state index contributed by atoms with van der Waals surface area (Å²) in [7, 11) is 0. The third kappa shape index (κ3) is 3.07. The molecule has 2 fully saturated rings. The number of nitrogens with zero attached hydrogens (tertiary/aromatic N) is 1. The maximum absolute atomic E-state index is 11.4. The summed E-state index contributed by atoms with van der Waals surface area (Å²) < 4.78 is 5.27. The van der Waals surface area contributed by atoms with E-state index in [0.29, 0.717) is 11.7 Å². The summed E-state index contributed by atoms with van der Waals surface area (Å²) in [6.45, 7) is 4.87. The molecule has 3 heteroatoms. The van der Waals surface area contributed by atoms with Crippen LogP contribution in [0.4, 0.5) is 0 Å². The number of carbonyl (C=O) groups excluding carboxylic acids is 1. The minimum absolute atomic E-state index is 0.444. The average molecular weight is 197 g/mol. The van der Waals surface area contributed by atoms with Gasteiger partial charge in [0.1, 0.15) is 5.78 Å².